The van der Waals surface area contributed by atoms with E-state index in [0.717, 1.165) is 12.1 Å². The van der Waals surface area contributed by atoms with E-state index in [9.17, 15) is 4.39 Å². The van der Waals surface area contributed by atoms with Crippen molar-refractivity contribution >= 4 is 11.6 Å². The van der Waals surface area contributed by atoms with E-state index >= 15 is 0 Å². The zero-order chi connectivity index (χ0) is 13.7. The lowest BCUT2D eigenvalue weighted by atomic mass is 10.1. The molecule has 1 aromatic carbocycles. The molecule has 0 saturated carbocycles. The van der Waals surface area contributed by atoms with E-state index in [4.69, 9.17) is 11.6 Å². The van der Waals surface area contributed by atoms with Gasteiger partial charge in [-0.1, -0.05) is 18.0 Å². The molecular formula is C15H22ClFN2. The van der Waals surface area contributed by atoms with Crippen molar-refractivity contribution in [3.63, 3.8) is 0 Å². The number of halogens is 2. The Morgan fingerprint density at radius 2 is 2.05 bits per heavy atom. The minimum absolute atomic E-state index is 0.232. The second-order valence-electron chi connectivity index (χ2n) is 5.38. The van der Waals surface area contributed by atoms with E-state index in [1.807, 2.05) is 0 Å². The molecule has 1 fully saturated rings. The average Bonchev–Trinajstić information content (AvgIpc) is 2.41. The molecule has 0 aromatic heterocycles. The number of piperidine rings is 1. The van der Waals surface area contributed by atoms with Crippen LogP contribution < -0.4 is 5.32 Å². The molecule has 0 spiro atoms. The summed E-state index contributed by atoms with van der Waals surface area (Å²) < 4.78 is 13.1. The molecule has 0 radical (unpaired) electrons. The first-order valence-electron chi connectivity index (χ1n) is 7.05. The smallest absolute Gasteiger partial charge is 0.123 e. The Labute approximate surface area is 119 Å². The Bertz CT molecular complexity index is 405. The first kappa shape index (κ1) is 14.8. The summed E-state index contributed by atoms with van der Waals surface area (Å²) in [5, 5.41) is 4.05. The van der Waals surface area contributed by atoms with E-state index in [1.54, 1.807) is 6.07 Å². The zero-order valence-corrected chi connectivity index (χ0v) is 12.2. The van der Waals surface area contributed by atoms with Crippen molar-refractivity contribution in [1.82, 2.24) is 10.2 Å². The fraction of sp³-hybridized carbons (Fsp3) is 0.600. The van der Waals surface area contributed by atoms with Crippen molar-refractivity contribution in [2.45, 2.75) is 38.8 Å². The summed E-state index contributed by atoms with van der Waals surface area (Å²) >= 11 is 6.05. The quantitative estimate of drug-likeness (QED) is 0.891. The van der Waals surface area contributed by atoms with Crippen LogP contribution in [0.3, 0.4) is 0 Å². The molecule has 0 amide bonds. The molecule has 0 aliphatic carbocycles. The molecule has 1 unspecified atom stereocenters. The molecule has 1 saturated heterocycles. The van der Waals surface area contributed by atoms with Crippen LogP contribution in [0, 0.1) is 5.82 Å². The van der Waals surface area contributed by atoms with Crippen molar-refractivity contribution in [2.75, 3.05) is 19.6 Å². The van der Waals surface area contributed by atoms with Crippen LogP contribution in [-0.2, 0) is 6.54 Å². The van der Waals surface area contributed by atoms with Gasteiger partial charge in [0, 0.05) is 24.2 Å². The van der Waals surface area contributed by atoms with Crippen molar-refractivity contribution in [2.24, 2.45) is 0 Å². The second-order valence-corrected chi connectivity index (χ2v) is 5.79. The molecular weight excluding hydrogens is 263 g/mol. The third-order valence-electron chi connectivity index (χ3n) is 3.63. The first-order valence-corrected chi connectivity index (χ1v) is 7.42. The van der Waals surface area contributed by atoms with Gasteiger partial charge in [-0.2, -0.15) is 0 Å². The van der Waals surface area contributed by atoms with Crippen molar-refractivity contribution in [1.29, 1.82) is 0 Å². The number of benzene rings is 1. The summed E-state index contributed by atoms with van der Waals surface area (Å²) in [6.45, 7) is 6.24. The van der Waals surface area contributed by atoms with Crippen LogP contribution in [0.4, 0.5) is 4.39 Å². The van der Waals surface area contributed by atoms with Crippen LogP contribution in [0.2, 0.25) is 5.02 Å². The van der Waals surface area contributed by atoms with Gasteiger partial charge in [-0.05, 0) is 56.6 Å². The lowest BCUT2D eigenvalue weighted by Gasteiger charge is -2.29. The Morgan fingerprint density at radius 1 is 1.32 bits per heavy atom. The number of hydrogen-bond acceptors (Lipinski definition) is 2. The van der Waals surface area contributed by atoms with Crippen LogP contribution in [0.5, 0.6) is 0 Å². The maximum atomic E-state index is 13.1. The average molecular weight is 285 g/mol. The molecule has 4 heteroatoms. The maximum Gasteiger partial charge on any atom is 0.123 e. The summed E-state index contributed by atoms with van der Waals surface area (Å²) in [7, 11) is 0. The Kier molecular flexibility index (Phi) is 5.61. The first-order chi connectivity index (χ1) is 9.15. The van der Waals surface area contributed by atoms with Gasteiger partial charge in [-0.3, -0.25) is 0 Å². The third-order valence-corrected chi connectivity index (χ3v) is 4.00. The number of nitrogens with zero attached hydrogens (tertiary/aromatic N) is 1. The van der Waals surface area contributed by atoms with Crippen molar-refractivity contribution in [3.8, 4) is 0 Å². The minimum Gasteiger partial charge on any atom is -0.309 e. The normalized spacial score (nSPS) is 18.5. The molecule has 1 atom stereocenters. The number of rotatable bonds is 5. The van der Waals surface area contributed by atoms with Crippen LogP contribution >= 0.6 is 11.6 Å². The van der Waals surface area contributed by atoms with Gasteiger partial charge in [-0.25, -0.2) is 4.39 Å². The standard InChI is InChI=1S/C15H22ClFN2/c1-12(11-19-7-3-2-4-8-19)18-10-13-9-14(17)5-6-15(13)16/h5-6,9,12,18H,2-4,7-8,10-11H2,1H3. The molecule has 1 heterocycles. The van der Waals surface area contributed by atoms with E-state index < -0.39 is 0 Å². The lowest BCUT2D eigenvalue weighted by Crippen LogP contribution is -2.41. The van der Waals surface area contributed by atoms with Crippen molar-refractivity contribution in [3.05, 3.63) is 34.6 Å². The van der Waals surface area contributed by atoms with Gasteiger partial charge in [0.25, 0.3) is 0 Å². The maximum absolute atomic E-state index is 13.1. The fourth-order valence-corrected chi connectivity index (χ4v) is 2.74. The highest BCUT2D eigenvalue weighted by molar-refractivity contribution is 6.31. The molecule has 2 nitrogen and oxygen atoms in total. The Hall–Kier alpha value is -0.640. The van der Waals surface area contributed by atoms with E-state index in [-0.39, 0.29) is 5.82 Å². The van der Waals surface area contributed by atoms with Gasteiger partial charge in [-0.15, -0.1) is 0 Å². The highest BCUT2D eigenvalue weighted by atomic mass is 35.5. The van der Waals surface area contributed by atoms with Gasteiger partial charge in [0.05, 0.1) is 0 Å². The highest BCUT2D eigenvalue weighted by Crippen LogP contribution is 2.17. The Balaban J connectivity index is 1.79. The van der Waals surface area contributed by atoms with Crippen molar-refractivity contribution < 1.29 is 4.39 Å². The van der Waals surface area contributed by atoms with E-state index in [1.165, 1.54) is 44.5 Å². The van der Waals surface area contributed by atoms with E-state index in [2.05, 4.69) is 17.1 Å². The summed E-state index contributed by atoms with van der Waals surface area (Å²) in [6.07, 6.45) is 3.97. The minimum atomic E-state index is -0.232. The third kappa shape index (κ3) is 4.75. The molecule has 1 aliphatic rings. The number of nitrogens with one attached hydrogen (secondary N) is 1. The fourth-order valence-electron chi connectivity index (χ4n) is 2.56. The highest BCUT2D eigenvalue weighted by Gasteiger charge is 2.13. The van der Waals surface area contributed by atoms with Gasteiger partial charge in [0.15, 0.2) is 0 Å². The summed E-state index contributed by atoms with van der Waals surface area (Å²) in [5.41, 5.74) is 0.826. The molecule has 2 rings (SSSR count). The van der Waals surface area contributed by atoms with Gasteiger partial charge < -0.3 is 10.2 Å². The second kappa shape index (κ2) is 7.22. The van der Waals surface area contributed by atoms with Crippen LogP contribution in [0.1, 0.15) is 31.7 Å². The molecule has 106 valence electrons. The lowest BCUT2D eigenvalue weighted by molar-refractivity contribution is 0.209. The summed E-state index contributed by atoms with van der Waals surface area (Å²) in [4.78, 5) is 2.49. The predicted molar refractivity (Wildman–Crippen MR) is 78.0 cm³/mol. The molecule has 1 aromatic rings. The summed E-state index contributed by atoms with van der Waals surface area (Å²) in [5.74, 6) is -0.232. The van der Waals surface area contributed by atoms with E-state index in [0.29, 0.717) is 17.6 Å². The zero-order valence-electron chi connectivity index (χ0n) is 11.5. The Morgan fingerprint density at radius 3 is 2.79 bits per heavy atom. The SMILES string of the molecule is CC(CN1CCCCC1)NCc1cc(F)ccc1Cl. The molecule has 1 aliphatic heterocycles. The largest absolute Gasteiger partial charge is 0.309 e. The molecule has 1 N–H and O–H groups in total. The van der Waals surface area contributed by atoms with Gasteiger partial charge in [0.1, 0.15) is 5.82 Å². The monoisotopic (exact) mass is 284 g/mol. The summed E-state index contributed by atoms with van der Waals surface area (Å²) in [6, 6.07) is 4.90. The number of likely N-dealkylation sites (tertiary alicyclic amines) is 1. The van der Waals surface area contributed by atoms with Crippen LogP contribution in [-0.4, -0.2) is 30.6 Å². The topological polar surface area (TPSA) is 15.3 Å². The number of hydrogen-bond donors (Lipinski definition) is 1. The van der Waals surface area contributed by atoms with Gasteiger partial charge >= 0.3 is 0 Å². The molecule has 19 heavy (non-hydrogen) atoms. The predicted octanol–water partition coefficient (Wildman–Crippen LogP) is 3.44. The molecule has 0 bridgehead atoms. The van der Waals surface area contributed by atoms with Crippen LogP contribution in [0.15, 0.2) is 18.2 Å². The van der Waals surface area contributed by atoms with Gasteiger partial charge in [0.2, 0.25) is 0 Å². The van der Waals surface area contributed by atoms with Crippen LogP contribution in [0.25, 0.3) is 0 Å².